The van der Waals surface area contributed by atoms with Crippen LogP contribution in [0.4, 0.5) is 0 Å². The monoisotopic (exact) mass is 170 g/mol. The molecule has 24 valence electrons. The molecule has 0 aliphatic heterocycles. The Morgan fingerprint density at radius 1 is 2.00 bits per heavy atom. The molecular formula is C2H3IO. The Hall–Kier alpha value is 0.310. The van der Waals surface area contributed by atoms with Gasteiger partial charge in [0.1, 0.15) is 0 Å². The molecule has 0 N–H and O–H groups in total. The molecule has 0 unspecified atom stereocenters. The fourth-order valence-electron chi connectivity index (χ4n) is 0. The van der Waals surface area contributed by atoms with E-state index in [0.29, 0.717) is 0 Å². The first-order valence-corrected chi connectivity index (χ1v) is 4.01. The number of rotatable bonds is 0. The molecule has 0 fully saturated rings. The third-order valence-corrected chi connectivity index (χ3v) is 0.518. The lowest BCUT2D eigenvalue weighted by molar-refractivity contribution is 0.573. The first-order valence-electron chi connectivity index (χ1n) is 0.771. The van der Waals surface area contributed by atoms with E-state index >= 15 is 0 Å². The maximum absolute atomic E-state index is 9.10. The van der Waals surface area contributed by atoms with Gasteiger partial charge in [-0.1, -0.05) is 0 Å². The standard InChI is InChI=1S/C2H3IO/c1-3-2-4/h1H3. The van der Waals surface area contributed by atoms with Crippen molar-refractivity contribution in [1.82, 2.24) is 0 Å². The van der Waals surface area contributed by atoms with Crippen molar-refractivity contribution in [2.45, 2.75) is 0 Å². The number of hydrogen-bond acceptors (Lipinski definition) is 1. The van der Waals surface area contributed by atoms with Gasteiger partial charge in [0, 0.05) is 0 Å². The summed E-state index contributed by atoms with van der Waals surface area (Å²) in [5.41, 5.74) is 0. The van der Waals surface area contributed by atoms with Gasteiger partial charge in [-0.2, -0.15) is 0 Å². The molecule has 0 aromatic rings. The first-order chi connectivity index (χ1) is 1.91. The zero-order valence-corrected chi connectivity index (χ0v) is 4.44. The molecule has 1 nitrogen and oxygen atoms in total. The summed E-state index contributed by atoms with van der Waals surface area (Å²) in [5, 5.41) is 0. The minimum absolute atomic E-state index is 0.195. The molecule has 0 aliphatic rings. The zero-order valence-electron chi connectivity index (χ0n) is 2.29. The SMILES string of the molecule is CI=C=O. The lowest BCUT2D eigenvalue weighted by atomic mass is 11.9. The molecule has 0 rings (SSSR count). The minimum Gasteiger partial charge on any atom is -0.227 e. The van der Waals surface area contributed by atoms with Crippen LogP contribution in [0.25, 0.3) is 0 Å². The van der Waals surface area contributed by atoms with Crippen LogP contribution in [0.1, 0.15) is 0 Å². The van der Waals surface area contributed by atoms with Gasteiger partial charge in [-0.15, -0.1) is 0 Å². The Kier molecular flexibility index (Phi) is 3.57. The fourth-order valence-corrected chi connectivity index (χ4v) is 0. The zero-order chi connectivity index (χ0) is 3.41. The second-order valence-electron chi connectivity index (χ2n) is 0.266. The van der Waals surface area contributed by atoms with E-state index in [0.717, 1.165) is 0 Å². The Bertz CT molecular complexity index is 44.0. The maximum atomic E-state index is 9.10. The van der Waals surface area contributed by atoms with Gasteiger partial charge in [0.05, 0.1) is 0 Å². The van der Waals surface area contributed by atoms with Crippen LogP contribution in [0.5, 0.6) is 0 Å². The average molecular weight is 170 g/mol. The van der Waals surface area contributed by atoms with Gasteiger partial charge in [0.15, 0.2) is 3.88 Å². The molecule has 0 heterocycles. The summed E-state index contributed by atoms with van der Waals surface area (Å²) in [6.07, 6.45) is 0. The quantitative estimate of drug-likeness (QED) is 0.385. The number of hydrogen-bond donors (Lipinski definition) is 0. The van der Waals surface area contributed by atoms with E-state index in [1.165, 1.54) is 0 Å². The van der Waals surface area contributed by atoms with Gasteiger partial charge < -0.3 is 0 Å². The lowest BCUT2D eigenvalue weighted by Crippen LogP contribution is -1.20. The summed E-state index contributed by atoms with van der Waals surface area (Å²) in [6, 6.07) is 0. The topological polar surface area (TPSA) is 17.1 Å². The van der Waals surface area contributed by atoms with Crippen molar-refractivity contribution in [3.8, 4) is 0 Å². The largest absolute Gasteiger partial charge is 0.227 e. The molecule has 0 aliphatic carbocycles. The predicted molar refractivity (Wildman–Crippen MR) is 25.6 cm³/mol. The van der Waals surface area contributed by atoms with E-state index in [4.69, 9.17) is 4.79 Å². The molecule has 0 atom stereocenters. The van der Waals surface area contributed by atoms with Crippen LogP contribution in [0.15, 0.2) is 0 Å². The third-order valence-electron chi connectivity index (χ3n) is 0.0772. The molecule has 2 heteroatoms. The highest BCUT2D eigenvalue weighted by Gasteiger charge is 1.32. The van der Waals surface area contributed by atoms with Crippen LogP contribution in [0.3, 0.4) is 0 Å². The van der Waals surface area contributed by atoms with Crippen molar-refractivity contribution in [2.75, 3.05) is 4.93 Å². The van der Waals surface area contributed by atoms with E-state index in [-0.39, 0.29) is 20.7 Å². The second kappa shape index (κ2) is 3.31. The molecule has 0 bridgehead atoms. The molecule has 0 radical (unpaired) electrons. The number of halogens is 1. The highest BCUT2D eigenvalue weighted by Crippen LogP contribution is 1.70. The van der Waals surface area contributed by atoms with Crippen LogP contribution in [-0.2, 0) is 4.79 Å². The first kappa shape index (κ1) is 4.31. The third kappa shape index (κ3) is 2.31. The average Bonchev–Trinajstić information content (AvgIpc) is 1.37. The Balaban J connectivity index is 3.11. The van der Waals surface area contributed by atoms with Crippen molar-refractivity contribution >= 4 is 24.6 Å². The minimum atomic E-state index is -0.195. The molecule has 0 spiro atoms. The van der Waals surface area contributed by atoms with Gasteiger partial charge >= 0.3 is 0 Å². The van der Waals surface area contributed by atoms with E-state index in [2.05, 4.69) is 0 Å². The fraction of sp³-hybridized carbons (Fsp3) is 0.500. The highest BCUT2D eigenvalue weighted by molar-refractivity contribution is 14.2. The van der Waals surface area contributed by atoms with E-state index < -0.39 is 0 Å². The van der Waals surface area contributed by atoms with Crippen molar-refractivity contribution in [1.29, 1.82) is 0 Å². The van der Waals surface area contributed by atoms with Crippen molar-refractivity contribution in [3.63, 3.8) is 0 Å². The van der Waals surface area contributed by atoms with Gasteiger partial charge in [0.2, 0.25) is 0 Å². The van der Waals surface area contributed by atoms with Crippen LogP contribution in [0, 0.1) is 0 Å². The van der Waals surface area contributed by atoms with Crippen LogP contribution in [-0.4, -0.2) is 8.81 Å². The van der Waals surface area contributed by atoms with Gasteiger partial charge in [-0.25, -0.2) is 4.79 Å². The molecule has 0 saturated heterocycles. The van der Waals surface area contributed by atoms with Crippen LogP contribution < -0.4 is 0 Å². The molecule has 0 saturated carbocycles. The molecule has 4 heavy (non-hydrogen) atoms. The van der Waals surface area contributed by atoms with Crippen molar-refractivity contribution in [3.05, 3.63) is 0 Å². The van der Waals surface area contributed by atoms with E-state index in [1.807, 2.05) is 4.93 Å². The maximum Gasteiger partial charge on any atom is 0.156 e. The Morgan fingerprint density at radius 2 is 2.25 bits per heavy atom. The lowest BCUT2D eigenvalue weighted by Gasteiger charge is -1.30. The van der Waals surface area contributed by atoms with E-state index in [9.17, 15) is 0 Å². The Labute approximate surface area is 34.8 Å². The summed E-state index contributed by atoms with van der Waals surface area (Å²) in [5.74, 6) is 0. The van der Waals surface area contributed by atoms with Crippen LogP contribution in [0.2, 0.25) is 0 Å². The summed E-state index contributed by atoms with van der Waals surface area (Å²) in [7, 11) is 0. The smallest absolute Gasteiger partial charge is 0.156 e. The number of carbonyl (C=O) groups excluding carboxylic acids is 1. The van der Waals surface area contributed by atoms with Crippen molar-refractivity contribution < 1.29 is 4.79 Å². The number of alkyl halides is 1. The molecular weight excluding hydrogens is 167 g/mol. The Morgan fingerprint density at radius 3 is 2.25 bits per heavy atom. The normalized spacial score (nSPS) is 5.25. The summed E-state index contributed by atoms with van der Waals surface area (Å²) in [6.45, 7) is 0. The highest BCUT2D eigenvalue weighted by atomic mass is 127. The van der Waals surface area contributed by atoms with E-state index in [1.54, 1.807) is 3.88 Å². The predicted octanol–water partition coefficient (Wildman–Crippen LogP) is 0.654. The molecule has 0 aromatic carbocycles. The van der Waals surface area contributed by atoms with Gasteiger partial charge in [-0.3, -0.25) is 0 Å². The van der Waals surface area contributed by atoms with Crippen molar-refractivity contribution in [2.24, 2.45) is 0 Å². The summed E-state index contributed by atoms with van der Waals surface area (Å²) in [4.78, 5) is 11.0. The van der Waals surface area contributed by atoms with Crippen LogP contribution >= 0.6 is 20.7 Å². The van der Waals surface area contributed by atoms with Gasteiger partial charge in [0.25, 0.3) is 0 Å². The molecule has 0 amide bonds. The molecule has 0 aromatic heterocycles. The second-order valence-corrected chi connectivity index (χ2v) is 1.79. The summed E-state index contributed by atoms with van der Waals surface area (Å²) >= 11 is -0.195. The van der Waals surface area contributed by atoms with Gasteiger partial charge in [-0.05, 0) is 25.7 Å². The summed E-state index contributed by atoms with van der Waals surface area (Å²) < 4.78 is 1.79.